The van der Waals surface area contributed by atoms with Gasteiger partial charge in [-0.25, -0.2) is 0 Å². The highest BCUT2D eigenvalue weighted by atomic mass is 16.3. The zero-order chi connectivity index (χ0) is 8.10. The van der Waals surface area contributed by atoms with Gasteiger partial charge in [0.1, 0.15) is 0 Å². The molecule has 1 saturated heterocycles. The number of aliphatic hydroxyl groups is 1. The molecule has 64 valence electrons. The lowest BCUT2D eigenvalue weighted by Crippen LogP contribution is -2.21. The zero-order valence-electron chi connectivity index (χ0n) is 6.68. The van der Waals surface area contributed by atoms with E-state index in [0.717, 1.165) is 25.8 Å². The van der Waals surface area contributed by atoms with Gasteiger partial charge < -0.3 is 10.4 Å². The van der Waals surface area contributed by atoms with Crippen LogP contribution in [0.4, 0.5) is 0 Å². The molecule has 2 N–H and O–H groups in total. The smallest absolute Gasteiger partial charge is 0.220 e. The second-order valence-corrected chi connectivity index (χ2v) is 3.06. The summed E-state index contributed by atoms with van der Waals surface area (Å²) in [5.74, 6) is 0.699. The molecule has 0 aromatic heterocycles. The van der Waals surface area contributed by atoms with Crippen molar-refractivity contribution in [3.05, 3.63) is 0 Å². The van der Waals surface area contributed by atoms with Crippen molar-refractivity contribution in [1.29, 1.82) is 0 Å². The third-order valence-electron chi connectivity index (χ3n) is 2.19. The zero-order valence-corrected chi connectivity index (χ0v) is 6.68. The van der Waals surface area contributed by atoms with Crippen molar-refractivity contribution in [2.75, 3.05) is 13.2 Å². The molecule has 1 aliphatic rings. The molecular weight excluding hydrogens is 142 g/mol. The Kier molecular flexibility index (Phi) is 3.36. The average molecular weight is 157 g/mol. The quantitative estimate of drug-likeness (QED) is 0.605. The van der Waals surface area contributed by atoms with E-state index >= 15 is 0 Å². The summed E-state index contributed by atoms with van der Waals surface area (Å²) in [6, 6.07) is 0. The molecule has 0 bridgehead atoms. The highest BCUT2D eigenvalue weighted by Crippen LogP contribution is 2.16. The monoisotopic (exact) mass is 157 g/mol. The van der Waals surface area contributed by atoms with Gasteiger partial charge in [0, 0.05) is 19.6 Å². The first-order valence-corrected chi connectivity index (χ1v) is 4.20. The summed E-state index contributed by atoms with van der Waals surface area (Å²) in [5, 5.41) is 11.5. The van der Waals surface area contributed by atoms with Crippen LogP contribution in [0.2, 0.25) is 0 Å². The lowest BCUT2D eigenvalue weighted by molar-refractivity contribution is -0.120. The number of hydrogen-bond donors (Lipinski definition) is 2. The number of nitrogens with one attached hydrogen (secondary N) is 1. The van der Waals surface area contributed by atoms with Crippen LogP contribution < -0.4 is 5.32 Å². The second kappa shape index (κ2) is 4.34. The molecule has 0 aliphatic carbocycles. The summed E-state index contributed by atoms with van der Waals surface area (Å²) in [5.41, 5.74) is 0. The van der Waals surface area contributed by atoms with Gasteiger partial charge in [-0.1, -0.05) is 0 Å². The Morgan fingerprint density at radius 3 is 3.09 bits per heavy atom. The van der Waals surface area contributed by atoms with E-state index in [2.05, 4.69) is 5.32 Å². The number of amides is 1. The molecule has 1 atom stereocenters. The van der Waals surface area contributed by atoms with Crippen LogP contribution in [-0.4, -0.2) is 24.2 Å². The standard InChI is InChI=1S/C8H15NO2/c10-6-4-7-1-2-8(11)9-5-3-7/h7,10H,1-6H2,(H,9,11). The van der Waals surface area contributed by atoms with Crippen molar-refractivity contribution in [3.63, 3.8) is 0 Å². The Labute approximate surface area is 66.8 Å². The third-order valence-corrected chi connectivity index (χ3v) is 2.19. The van der Waals surface area contributed by atoms with Crippen molar-refractivity contribution in [2.24, 2.45) is 5.92 Å². The predicted octanol–water partition coefficient (Wildman–Crippen LogP) is 0.285. The third kappa shape index (κ3) is 2.89. The fourth-order valence-corrected chi connectivity index (χ4v) is 1.45. The molecule has 1 rings (SSSR count). The maximum atomic E-state index is 10.9. The van der Waals surface area contributed by atoms with E-state index in [1.807, 2.05) is 0 Å². The van der Waals surface area contributed by atoms with Crippen molar-refractivity contribution in [1.82, 2.24) is 5.32 Å². The number of carbonyl (C=O) groups excluding carboxylic acids is 1. The van der Waals surface area contributed by atoms with E-state index in [1.54, 1.807) is 0 Å². The van der Waals surface area contributed by atoms with E-state index in [0.29, 0.717) is 12.3 Å². The summed E-state index contributed by atoms with van der Waals surface area (Å²) in [7, 11) is 0. The van der Waals surface area contributed by atoms with Crippen LogP contribution in [0.5, 0.6) is 0 Å². The molecule has 1 heterocycles. The number of rotatable bonds is 2. The van der Waals surface area contributed by atoms with Crippen molar-refractivity contribution in [3.8, 4) is 0 Å². The second-order valence-electron chi connectivity index (χ2n) is 3.06. The topological polar surface area (TPSA) is 49.3 Å². The predicted molar refractivity (Wildman–Crippen MR) is 42.1 cm³/mol. The molecule has 0 aromatic carbocycles. The van der Waals surface area contributed by atoms with Crippen molar-refractivity contribution >= 4 is 5.91 Å². The van der Waals surface area contributed by atoms with Crippen molar-refractivity contribution in [2.45, 2.75) is 25.7 Å². The molecule has 3 nitrogen and oxygen atoms in total. The Hall–Kier alpha value is -0.570. The van der Waals surface area contributed by atoms with E-state index in [-0.39, 0.29) is 12.5 Å². The van der Waals surface area contributed by atoms with E-state index in [4.69, 9.17) is 5.11 Å². The lowest BCUT2D eigenvalue weighted by atomic mass is 9.97. The van der Waals surface area contributed by atoms with Gasteiger partial charge in [0.2, 0.25) is 5.91 Å². The maximum Gasteiger partial charge on any atom is 0.220 e. The Balaban J connectivity index is 2.28. The van der Waals surface area contributed by atoms with Gasteiger partial charge in [0.25, 0.3) is 0 Å². The van der Waals surface area contributed by atoms with E-state index in [9.17, 15) is 4.79 Å². The number of carbonyl (C=O) groups is 1. The molecule has 0 aromatic rings. The van der Waals surface area contributed by atoms with Gasteiger partial charge in [0.05, 0.1) is 0 Å². The SMILES string of the molecule is O=C1CCC(CCO)CCN1. The highest BCUT2D eigenvalue weighted by Gasteiger charge is 2.14. The molecule has 11 heavy (non-hydrogen) atoms. The lowest BCUT2D eigenvalue weighted by Gasteiger charge is -2.09. The molecule has 3 heteroatoms. The molecular formula is C8H15NO2. The first-order valence-electron chi connectivity index (χ1n) is 4.20. The largest absolute Gasteiger partial charge is 0.396 e. The van der Waals surface area contributed by atoms with E-state index < -0.39 is 0 Å². The van der Waals surface area contributed by atoms with Crippen LogP contribution in [0.15, 0.2) is 0 Å². The number of aliphatic hydroxyl groups excluding tert-OH is 1. The maximum absolute atomic E-state index is 10.9. The Bertz CT molecular complexity index is 136. The van der Waals surface area contributed by atoms with Crippen LogP contribution in [0.1, 0.15) is 25.7 Å². The average Bonchev–Trinajstić information content (AvgIpc) is 2.17. The summed E-state index contributed by atoms with van der Waals surface area (Å²) in [6.45, 7) is 1.03. The van der Waals surface area contributed by atoms with E-state index in [1.165, 1.54) is 0 Å². The molecule has 0 saturated carbocycles. The number of hydrogen-bond acceptors (Lipinski definition) is 2. The molecule has 0 radical (unpaired) electrons. The summed E-state index contributed by atoms with van der Waals surface area (Å²) in [6.07, 6.45) is 3.43. The summed E-state index contributed by atoms with van der Waals surface area (Å²) >= 11 is 0. The molecule has 0 spiro atoms. The van der Waals surface area contributed by atoms with Gasteiger partial charge in [-0.05, 0) is 25.2 Å². The fourth-order valence-electron chi connectivity index (χ4n) is 1.45. The molecule has 1 fully saturated rings. The Morgan fingerprint density at radius 2 is 2.36 bits per heavy atom. The fraction of sp³-hybridized carbons (Fsp3) is 0.875. The van der Waals surface area contributed by atoms with Crippen molar-refractivity contribution < 1.29 is 9.90 Å². The molecule has 1 unspecified atom stereocenters. The van der Waals surface area contributed by atoms with Crippen LogP contribution in [0, 0.1) is 5.92 Å². The minimum absolute atomic E-state index is 0.158. The summed E-state index contributed by atoms with van der Waals surface area (Å²) in [4.78, 5) is 10.9. The van der Waals surface area contributed by atoms with Crippen LogP contribution in [0.3, 0.4) is 0 Å². The normalized spacial score (nSPS) is 25.9. The van der Waals surface area contributed by atoms with Gasteiger partial charge >= 0.3 is 0 Å². The molecule has 1 aliphatic heterocycles. The van der Waals surface area contributed by atoms with Gasteiger partial charge in [0.15, 0.2) is 0 Å². The Morgan fingerprint density at radius 1 is 1.55 bits per heavy atom. The van der Waals surface area contributed by atoms with Gasteiger partial charge in [-0.15, -0.1) is 0 Å². The molecule has 1 amide bonds. The highest BCUT2D eigenvalue weighted by molar-refractivity contribution is 5.76. The van der Waals surface area contributed by atoms with Gasteiger partial charge in [-0.2, -0.15) is 0 Å². The minimum Gasteiger partial charge on any atom is -0.396 e. The first kappa shape index (κ1) is 8.53. The van der Waals surface area contributed by atoms with Crippen LogP contribution in [0.25, 0.3) is 0 Å². The van der Waals surface area contributed by atoms with Crippen LogP contribution >= 0.6 is 0 Å². The van der Waals surface area contributed by atoms with Crippen LogP contribution in [-0.2, 0) is 4.79 Å². The minimum atomic E-state index is 0.158. The van der Waals surface area contributed by atoms with Gasteiger partial charge in [-0.3, -0.25) is 4.79 Å². The first-order chi connectivity index (χ1) is 5.33. The summed E-state index contributed by atoms with van der Waals surface area (Å²) < 4.78 is 0.